The van der Waals surface area contributed by atoms with Gasteiger partial charge in [-0.3, -0.25) is 10.1 Å². The molecule has 0 aliphatic rings. The van der Waals surface area contributed by atoms with E-state index in [0.717, 1.165) is 11.8 Å². The Labute approximate surface area is 119 Å². The first-order valence-electron chi connectivity index (χ1n) is 5.50. The molecule has 0 amide bonds. The van der Waals surface area contributed by atoms with Crippen LogP contribution >= 0.6 is 11.6 Å². The fourth-order valence-corrected chi connectivity index (χ4v) is 1.65. The van der Waals surface area contributed by atoms with Crippen molar-refractivity contribution in [3.63, 3.8) is 0 Å². The van der Waals surface area contributed by atoms with Gasteiger partial charge >= 0.3 is 5.69 Å². The third-order valence-corrected chi connectivity index (χ3v) is 2.62. The summed E-state index contributed by atoms with van der Waals surface area (Å²) < 4.78 is 0. The van der Waals surface area contributed by atoms with Gasteiger partial charge in [-0.05, 0) is 29.3 Å². The molecule has 0 unspecified atom stereocenters. The lowest BCUT2D eigenvalue weighted by atomic mass is 10.1. The van der Waals surface area contributed by atoms with Gasteiger partial charge in [-0.15, -0.1) is 0 Å². The van der Waals surface area contributed by atoms with Crippen LogP contribution in [0.3, 0.4) is 0 Å². The highest BCUT2D eigenvalue weighted by Gasteiger charge is 2.16. The summed E-state index contributed by atoms with van der Waals surface area (Å²) in [6, 6.07) is 8.94. The smallest absolute Gasteiger partial charge is 0.329 e. The quantitative estimate of drug-likeness (QED) is 0.527. The Kier molecular flexibility index (Phi) is 4.08. The van der Waals surface area contributed by atoms with Gasteiger partial charge in [-0.1, -0.05) is 12.1 Å². The second kappa shape index (κ2) is 5.95. The van der Waals surface area contributed by atoms with Crippen molar-refractivity contribution in [1.82, 2.24) is 9.97 Å². The van der Waals surface area contributed by atoms with Gasteiger partial charge in [0, 0.05) is 5.69 Å². The van der Waals surface area contributed by atoms with E-state index in [0.29, 0.717) is 12.1 Å². The molecule has 2 aromatic rings. The molecule has 0 atom stereocenters. The number of rotatable bonds is 4. The highest BCUT2D eigenvalue weighted by Crippen LogP contribution is 2.25. The lowest BCUT2D eigenvalue weighted by Crippen LogP contribution is -2.01. The Morgan fingerprint density at radius 1 is 1.40 bits per heavy atom. The Morgan fingerprint density at radius 2 is 2.10 bits per heavy atom. The zero-order valence-corrected chi connectivity index (χ0v) is 10.8. The molecule has 8 heteroatoms. The molecule has 0 spiro atoms. The van der Waals surface area contributed by atoms with Gasteiger partial charge in [0.05, 0.1) is 17.4 Å². The summed E-state index contributed by atoms with van der Waals surface area (Å²) >= 11 is 5.63. The number of nitro groups is 1. The van der Waals surface area contributed by atoms with E-state index in [4.69, 9.17) is 16.9 Å². The van der Waals surface area contributed by atoms with Crippen LogP contribution in [0.5, 0.6) is 0 Å². The van der Waals surface area contributed by atoms with E-state index < -0.39 is 4.92 Å². The summed E-state index contributed by atoms with van der Waals surface area (Å²) in [5, 5.41) is 22.2. The number of halogens is 1. The second-order valence-corrected chi connectivity index (χ2v) is 4.12. The van der Waals surface area contributed by atoms with Crippen LogP contribution in [-0.2, 0) is 6.42 Å². The summed E-state index contributed by atoms with van der Waals surface area (Å²) in [6.45, 7) is 0. The molecular formula is C12H8ClN5O2. The van der Waals surface area contributed by atoms with Crippen molar-refractivity contribution in [3.8, 4) is 6.07 Å². The Hall–Kier alpha value is -2.72. The normalized spacial score (nSPS) is 9.80. The molecule has 0 saturated heterocycles. The summed E-state index contributed by atoms with van der Waals surface area (Å²) in [5.41, 5.74) is 1.19. The number of aromatic nitrogens is 2. The molecule has 0 saturated carbocycles. The molecule has 0 fully saturated rings. The minimum absolute atomic E-state index is 0.0167. The molecule has 2 rings (SSSR count). The number of anilines is 2. The van der Waals surface area contributed by atoms with Crippen molar-refractivity contribution in [3.05, 3.63) is 51.4 Å². The molecule has 0 aliphatic heterocycles. The topological polar surface area (TPSA) is 105 Å². The van der Waals surface area contributed by atoms with Crippen molar-refractivity contribution < 1.29 is 4.92 Å². The lowest BCUT2D eigenvalue weighted by molar-refractivity contribution is -0.384. The van der Waals surface area contributed by atoms with E-state index in [1.54, 1.807) is 24.3 Å². The van der Waals surface area contributed by atoms with Crippen molar-refractivity contribution in [2.75, 3.05) is 5.32 Å². The van der Waals surface area contributed by atoms with Gasteiger partial charge in [0.25, 0.3) is 0 Å². The van der Waals surface area contributed by atoms with Gasteiger partial charge < -0.3 is 5.32 Å². The van der Waals surface area contributed by atoms with Crippen LogP contribution in [0.4, 0.5) is 17.2 Å². The SMILES string of the molecule is N#CCc1ccc(Nc2nc(Cl)ncc2[N+](=O)[O-])cc1. The van der Waals surface area contributed by atoms with Gasteiger partial charge in [-0.2, -0.15) is 10.2 Å². The second-order valence-electron chi connectivity index (χ2n) is 3.79. The zero-order valence-electron chi connectivity index (χ0n) is 10.1. The van der Waals surface area contributed by atoms with Gasteiger partial charge in [-0.25, -0.2) is 4.98 Å². The monoisotopic (exact) mass is 289 g/mol. The molecular weight excluding hydrogens is 282 g/mol. The van der Waals surface area contributed by atoms with Crippen LogP contribution in [0.2, 0.25) is 5.28 Å². The number of nitrogens with zero attached hydrogens (tertiary/aromatic N) is 4. The minimum Gasteiger partial charge on any atom is -0.334 e. The van der Waals surface area contributed by atoms with E-state index >= 15 is 0 Å². The summed E-state index contributed by atoms with van der Waals surface area (Å²) in [7, 11) is 0. The van der Waals surface area contributed by atoms with Crippen molar-refractivity contribution in [2.24, 2.45) is 0 Å². The number of benzene rings is 1. The predicted molar refractivity (Wildman–Crippen MR) is 72.7 cm³/mol. The van der Waals surface area contributed by atoms with E-state index in [1.165, 1.54) is 0 Å². The fourth-order valence-electron chi connectivity index (χ4n) is 1.51. The third kappa shape index (κ3) is 3.18. The Bertz CT molecular complexity index is 681. The average Bonchev–Trinajstić information content (AvgIpc) is 2.41. The third-order valence-electron chi connectivity index (χ3n) is 2.44. The van der Waals surface area contributed by atoms with Gasteiger partial charge in [0.2, 0.25) is 11.1 Å². The van der Waals surface area contributed by atoms with E-state index in [-0.39, 0.29) is 16.8 Å². The number of hydrogen-bond donors (Lipinski definition) is 1. The van der Waals surface area contributed by atoms with Gasteiger partial charge in [0.1, 0.15) is 6.20 Å². The Balaban J connectivity index is 2.27. The lowest BCUT2D eigenvalue weighted by Gasteiger charge is -2.06. The fraction of sp³-hybridized carbons (Fsp3) is 0.0833. The first-order valence-corrected chi connectivity index (χ1v) is 5.88. The largest absolute Gasteiger partial charge is 0.334 e. The van der Waals surface area contributed by atoms with Crippen LogP contribution in [0, 0.1) is 21.4 Å². The molecule has 0 bridgehead atoms. The summed E-state index contributed by atoms with van der Waals surface area (Å²) in [5.74, 6) is 0.0167. The van der Waals surface area contributed by atoms with E-state index in [9.17, 15) is 10.1 Å². The van der Waals surface area contributed by atoms with Crippen LogP contribution in [-0.4, -0.2) is 14.9 Å². The van der Waals surface area contributed by atoms with Crippen LogP contribution in [0.1, 0.15) is 5.56 Å². The van der Waals surface area contributed by atoms with E-state index in [2.05, 4.69) is 15.3 Å². The van der Waals surface area contributed by atoms with Crippen LogP contribution < -0.4 is 5.32 Å². The first-order chi connectivity index (χ1) is 9.60. The molecule has 0 aliphatic carbocycles. The average molecular weight is 290 g/mol. The molecule has 1 aromatic heterocycles. The Morgan fingerprint density at radius 3 is 2.70 bits per heavy atom. The van der Waals surface area contributed by atoms with E-state index in [1.807, 2.05) is 6.07 Å². The maximum absolute atomic E-state index is 10.9. The highest BCUT2D eigenvalue weighted by molar-refractivity contribution is 6.28. The summed E-state index contributed by atoms with van der Waals surface area (Å²) in [6.07, 6.45) is 1.35. The minimum atomic E-state index is -0.595. The summed E-state index contributed by atoms with van der Waals surface area (Å²) in [4.78, 5) is 17.6. The molecule has 100 valence electrons. The molecule has 20 heavy (non-hydrogen) atoms. The van der Waals surface area contributed by atoms with Crippen molar-refractivity contribution >= 4 is 28.8 Å². The van der Waals surface area contributed by atoms with Crippen molar-refractivity contribution in [2.45, 2.75) is 6.42 Å². The number of hydrogen-bond acceptors (Lipinski definition) is 6. The molecule has 0 radical (unpaired) electrons. The number of nitriles is 1. The molecule has 7 nitrogen and oxygen atoms in total. The van der Waals surface area contributed by atoms with Crippen LogP contribution in [0.25, 0.3) is 0 Å². The number of nitrogens with one attached hydrogen (secondary N) is 1. The molecule has 1 aromatic carbocycles. The van der Waals surface area contributed by atoms with Crippen molar-refractivity contribution in [1.29, 1.82) is 5.26 Å². The maximum atomic E-state index is 10.9. The standard InChI is InChI=1S/C12H8ClN5O2/c13-12-15-7-10(18(19)20)11(17-12)16-9-3-1-8(2-4-9)5-6-14/h1-4,7H,5H2,(H,15,16,17). The molecule has 1 heterocycles. The maximum Gasteiger partial charge on any atom is 0.329 e. The predicted octanol–water partition coefficient (Wildman–Crippen LogP) is 2.85. The first kappa shape index (κ1) is 13.7. The van der Waals surface area contributed by atoms with Gasteiger partial charge in [0.15, 0.2) is 0 Å². The molecule has 1 N–H and O–H groups in total. The zero-order chi connectivity index (χ0) is 14.5. The highest BCUT2D eigenvalue weighted by atomic mass is 35.5. The van der Waals surface area contributed by atoms with Crippen LogP contribution in [0.15, 0.2) is 30.5 Å².